The molecule has 0 spiro atoms. The van der Waals surface area contributed by atoms with Crippen LogP contribution in [0.5, 0.6) is 11.5 Å². The minimum absolute atomic E-state index is 0.0458. The summed E-state index contributed by atoms with van der Waals surface area (Å²) >= 11 is 0. The number of anilines is 2. The van der Waals surface area contributed by atoms with Crippen LogP contribution in [0.4, 0.5) is 11.4 Å². The molecule has 0 fully saturated rings. The zero-order valence-corrected chi connectivity index (χ0v) is 21.6. The first-order valence-corrected chi connectivity index (χ1v) is 14.6. The summed E-state index contributed by atoms with van der Waals surface area (Å²) in [6.45, 7) is 1.82. The molecular formula is C25H28N2O6S2. The molecule has 186 valence electrons. The molecule has 0 radical (unpaired) electrons. The number of ether oxygens (including phenoxy) is 2. The molecule has 1 N–H and O–H groups in total. The average molecular weight is 517 g/mol. The first-order chi connectivity index (χ1) is 16.5. The van der Waals surface area contributed by atoms with Crippen LogP contribution in [0, 0.1) is 0 Å². The Morgan fingerprint density at radius 2 is 1.77 bits per heavy atom. The van der Waals surface area contributed by atoms with E-state index in [1.165, 1.54) is 11.4 Å². The zero-order chi connectivity index (χ0) is 25.4. The fourth-order valence-corrected chi connectivity index (χ4v) is 5.99. The second-order valence-electron chi connectivity index (χ2n) is 8.39. The second kappa shape index (κ2) is 9.43. The highest BCUT2D eigenvalue weighted by atomic mass is 32.2. The summed E-state index contributed by atoms with van der Waals surface area (Å²) in [4.78, 5) is 0. The van der Waals surface area contributed by atoms with Gasteiger partial charge < -0.3 is 9.47 Å². The number of fused-ring (bicyclic) bond motifs is 3. The van der Waals surface area contributed by atoms with Gasteiger partial charge in [0.1, 0.15) is 17.6 Å². The molecule has 4 rings (SSSR count). The molecule has 0 saturated carbocycles. The lowest BCUT2D eigenvalue weighted by molar-refractivity contribution is 0.242. The predicted molar refractivity (Wildman–Crippen MR) is 138 cm³/mol. The van der Waals surface area contributed by atoms with Crippen LogP contribution in [0.3, 0.4) is 0 Å². The van der Waals surface area contributed by atoms with Crippen molar-refractivity contribution in [2.24, 2.45) is 0 Å². The third-order valence-electron chi connectivity index (χ3n) is 5.78. The van der Waals surface area contributed by atoms with Gasteiger partial charge in [0, 0.05) is 18.3 Å². The van der Waals surface area contributed by atoms with E-state index >= 15 is 0 Å². The monoisotopic (exact) mass is 516 g/mol. The summed E-state index contributed by atoms with van der Waals surface area (Å²) in [6.07, 6.45) is 1.00. The Balaban J connectivity index is 1.86. The molecule has 1 aliphatic heterocycles. The minimum Gasteiger partial charge on any atom is -0.496 e. The molecule has 0 aromatic heterocycles. The highest BCUT2D eigenvalue weighted by Crippen LogP contribution is 2.49. The zero-order valence-electron chi connectivity index (χ0n) is 20.0. The maximum atomic E-state index is 12.6. The number of hydrogen-bond donors (Lipinski definition) is 1. The first kappa shape index (κ1) is 24.9. The van der Waals surface area contributed by atoms with E-state index in [4.69, 9.17) is 9.47 Å². The van der Waals surface area contributed by atoms with Crippen LogP contribution in [0.15, 0.2) is 60.7 Å². The van der Waals surface area contributed by atoms with Gasteiger partial charge in [0.05, 0.1) is 30.4 Å². The molecule has 0 aliphatic carbocycles. The summed E-state index contributed by atoms with van der Waals surface area (Å²) < 4.78 is 64.8. The van der Waals surface area contributed by atoms with Crippen LogP contribution in [0.1, 0.15) is 30.6 Å². The average Bonchev–Trinajstić information content (AvgIpc) is 2.81. The number of nitrogens with zero attached hydrogens (tertiary/aromatic N) is 1. The van der Waals surface area contributed by atoms with Gasteiger partial charge in [-0.05, 0) is 53.9 Å². The van der Waals surface area contributed by atoms with Crippen molar-refractivity contribution in [3.63, 3.8) is 0 Å². The molecule has 0 amide bonds. The lowest BCUT2D eigenvalue weighted by Crippen LogP contribution is -2.29. The Hall–Kier alpha value is -3.24. The van der Waals surface area contributed by atoms with Crippen molar-refractivity contribution in [2.45, 2.75) is 19.4 Å². The smallest absolute Gasteiger partial charge is 0.234 e. The summed E-state index contributed by atoms with van der Waals surface area (Å²) in [5.41, 5.74) is 3.98. The molecule has 3 aromatic rings. The summed E-state index contributed by atoms with van der Waals surface area (Å²) in [7, 11) is -3.83. The van der Waals surface area contributed by atoms with Gasteiger partial charge >= 0.3 is 0 Å². The lowest BCUT2D eigenvalue weighted by Gasteiger charge is -2.31. The van der Waals surface area contributed by atoms with Crippen molar-refractivity contribution < 1.29 is 26.3 Å². The van der Waals surface area contributed by atoms with Crippen molar-refractivity contribution in [2.75, 3.05) is 35.2 Å². The fourth-order valence-electron chi connectivity index (χ4n) is 4.21. The Labute approximate surface area is 206 Å². The van der Waals surface area contributed by atoms with E-state index in [9.17, 15) is 16.8 Å². The molecular weight excluding hydrogens is 488 g/mol. The molecule has 10 heteroatoms. The Bertz CT molecular complexity index is 1470. The van der Waals surface area contributed by atoms with Gasteiger partial charge in [0.25, 0.3) is 0 Å². The van der Waals surface area contributed by atoms with Crippen LogP contribution in [-0.2, 0) is 20.0 Å². The van der Waals surface area contributed by atoms with Crippen molar-refractivity contribution in [1.29, 1.82) is 0 Å². The largest absolute Gasteiger partial charge is 0.496 e. The van der Waals surface area contributed by atoms with E-state index in [-0.39, 0.29) is 5.75 Å². The van der Waals surface area contributed by atoms with Gasteiger partial charge in [-0.25, -0.2) is 16.8 Å². The van der Waals surface area contributed by atoms with Gasteiger partial charge in [-0.2, -0.15) is 0 Å². The molecule has 1 atom stereocenters. The number of nitrogens with one attached hydrogen (secondary N) is 1. The molecule has 1 unspecified atom stereocenters. The Morgan fingerprint density at radius 1 is 1.03 bits per heavy atom. The van der Waals surface area contributed by atoms with E-state index in [2.05, 4.69) is 4.72 Å². The van der Waals surface area contributed by atoms with Crippen LogP contribution >= 0.6 is 0 Å². The highest BCUT2D eigenvalue weighted by molar-refractivity contribution is 7.92. The van der Waals surface area contributed by atoms with E-state index in [0.717, 1.165) is 28.5 Å². The van der Waals surface area contributed by atoms with E-state index < -0.39 is 26.2 Å². The second-order valence-corrected chi connectivity index (χ2v) is 12.3. The number of rotatable bonds is 8. The standard InChI is InChI=1S/C25H28N2O6S2/c1-5-14-35(30,31)27(2)19-9-6-8-17(15-19)25-21-16-18(26-34(4,28)29)12-13-20(21)24-22(32-3)10-7-11-23(24)33-25/h6-13,15-16,25-26H,5,14H2,1-4H3. The van der Waals surface area contributed by atoms with Crippen molar-refractivity contribution in [3.8, 4) is 22.6 Å². The van der Waals surface area contributed by atoms with Gasteiger partial charge in [0.15, 0.2) is 0 Å². The van der Waals surface area contributed by atoms with Crippen molar-refractivity contribution >= 4 is 31.4 Å². The number of benzene rings is 3. The minimum atomic E-state index is -3.49. The predicted octanol–water partition coefficient (Wildman–Crippen LogP) is 4.39. The summed E-state index contributed by atoms with van der Waals surface area (Å²) in [5.74, 6) is 1.29. The lowest BCUT2D eigenvalue weighted by atomic mass is 9.88. The highest BCUT2D eigenvalue weighted by Gasteiger charge is 2.31. The van der Waals surface area contributed by atoms with Crippen LogP contribution in [-0.4, -0.2) is 43.0 Å². The van der Waals surface area contributed by atoms with Gasteiger partial charge in [0.2, 0.25) is 20.0 Å². The molecule has 0 saturated heterocycles. The fraction of sp³-hybridized carbons (Fsp3) is 0.280. The number of methoxy groups -OCH3 is 1. The molecule has 35 heavy (non-hydrogen) atoms. The Morgan fingerprint density at radius 3 is 2.46 bits per heavy atom. The summed E-state index contributed by atoms with van der Waals surface area (Å²) in [6, 6.07) is 17.9. The quantitative estimate of drug-likeness (QED) is 0.476. The van der Waals surface area contributed by atoms with Crippen molar-refractivity contribution in [1.82, 2.24) is 0 Å². The maximum Gasteiger partial charge on any atom is 0.234 e. The molecule has 3 aromatic carbocycles. The molecule has 0 bridgehead atoms. The van der Waals surface area contributed by atoms with Crippen LogP contribution < -0.4 is 18.5 Å². The van der Waals surface area contributed by atoms with Gasteiger partial charge in [-0.15, -0.1) is 0 Å². The third kappa shape index (κ3) is 5.08. The molecule has 1 heterocycles. The van der Waals surface area contributed by atoms with Gasteiger partial charge in [-0.3, -0.25) is 9.03 Å². The first-order valence-electron chi connectivity index (χ1n) is 11.1. The van der Waals surface area contributed by atoms with Crippen LogP contribution in [0.2, 0.25) is 0 Å². The molecule has 8 nitrogen and oxygen atoms in total. The third-order valence-corrected chi connectivity index (χ3v) is 8.35. The van der Waals surface area contributed by atoms with E-state index in [1.54, 1.807) is 37.4 Å². The van der Waals surface area contributed by atoms with E-state index in [0.29, 0.717) is 29.3 Å². The normalized spacial score (nSPS) is 14.9. The van der Waals surface area contributed by atoms with Gasteiger partial charge in [-0.1, -0.05) is 31.2 Å². The van der Waals surface area contributed by atoms with Crippen molar-refractivity contribution in [3.05, 3.63) is 71.8 Å². The topological polar surface area (TPSA) is 102 Å². The summed E-state index contributed by atoms with van der Waals surface area (Å²) in [5, 5.41) is 0. The Kier molecular flexibility index (Phi) is 6.70. The molecule has 1 aliphatic rings. The van der Waals surface area contributed by atoms with E-state index in [1.807, 2.05) is 37.3 Å². The van der Waals surface area contributed by atoms with Crippen LogP contribution in [0.25, 0.3) is 11.1 Å². The number of hydrogen-bond acceptors (Lipinski definition) is 6. The maximum absolute atomic E-state index is 12.6. The number of sulfonamides is 2. The SMILES string of the molecule is CCCS(=O)(=O)N(C)c1cccc(C2Oc3cccc(OC)c3-c3ccc(NS(C)(=O)=O)cc32)c1.